The van der Waals surface area contributed by atoms with E-state index in [2.05, 4.69) is 20.9 Å². The highest BCUT2D eigenvalue weighted by atomic mass is 79.9. The first kappa shape index (κ1) is 22.6. The Balaban J connectivity index is 0.000000230. The SMILES string of the molecule is CSc1cccc(O)c1.FC(F)Oc1ccccc1[C@H]1CCc2nc3ccc(Br)cn3c21. The van der Waals surface area contributed by atoms with Crippen LogP contribution in [-0.4, -0.2) is 27.4 Å². The molecule has 8 heteroatoms. The van der Waals surface area contributed by atoms with Crippen molar-refractivity contribution in [3.63, 3.8) is 0 Å². The van der Waals surface area contributed by atoms with Crippen LogP contribution in [0.3, 0.4) is 0 Å². The Hall–Kier alpha value is -2.58. The fourth-order valence-electron chi connectivity index (χ4n) is 3.94. The van der Waals surface area contributed by atoms with E-state index in [0.29, 0.717) is 5.75 Å². The summed E-state index contributed by atoms with van der Waals surface area (Å²) in [6.45, 7) is -2.83. The number of ether oxygens (including phenoxy) is 1. The van der Waals surface area contributed by atoms with Crippen molar-refractivity contribution in [2.45, 2.75) is 30.3 Å². The highest BCUT2D eigenvalue weighted by molar-refractivity contribution is 9.10. The maximum Gasteiger partial charge on any atom is 0.387 e. The molecule has 0 fully saturated rings. The summed E-state index contributed by atoms with van der Waals surface area (Å²) < 4.78 is 33.1. The van der Waals surface area contributed by atoms with E-state index in [1.54, 1.807) is 36.0 Å². The average molecular weight is 519 g/mol. The van der Waals surface area contributed by atoms with Gasteiger partial charge in [0.1, 0.15) is 17.1 Å². The summed E-state index contributed by atoms with van der Waals surface area (Å²) >= 11 is 5.10. The van der Waals surface area contributed by atoms with Gasteiger partial charge in [0.25, 0.3) is 0 Å². The second-order valence-corrected chi connectivity index (χ2v) is 9.02. The molecule has 0 amide bonds. The molecule has 0 spiro atoms. The molecule has 5 rings (SSSR count). The third-order valence-electron chi connectivity index (χ3n) is 5.26. The smallest absolute Gasteiger partial charge is 0.387 e. The van der Waals surface area contributed by atoms with Crippen molar-refractivity contribution in [2.24, 2.45) is 0 Å². The van der Waals surface area contributed by atoms with Gasteiger partial charge in [-0.2, -0.15) is 8.78 Å². The Bertz CT molecular complexity index is 1230. The molecule has 0 aliphatic heterocycles. The Morgan fingerprint density at radius 2 is 1.97 bits per heavy atom. The van der Waals surface area contributed by atoms with Gasteiger partial charge in [0.2, 0.25) is 0 Å². The number of hydrogen-bond donors (Lipinski definition) is 1. The molecule has 0 saturated carbocycles. The van der Waals surface area contributed by atoms with Crippen LogP contribution in [0.2, 0.25) is 0 Å². The van der Waals surface area contributed by atoms with Crippen LogP contribution < -0.4 is 4.74 Å². The Labute approximate surface area is 197 Å². The number of imidazole rings is 1. The maximum atomic E-state index is 12.7. The van der Waals surface area contributed by atoms with Crippen LogP contribution in [0, 0.1) is 0 Å². The lowest BCUT2D eigenvalue weighted by Gasteiger charge is -2.17. The summed E-state index contributed by atoms with van der Waals surface area (Å²) in [6, 6.07) is 18.1. The van der Waals surface area contributed by atoms with Crippen molar-refractivity contribution in [3.05, 3.63) is 88.3 Å². The minimum absolute atomic E-state index is 0.00394. The monoisotopic (exact) mass is 518 g/mol. The van der Waals surface area contributed by atoms with Crippen LogP contribution >= 0.6 is 27.7 Å². The number of nitrogens with zero attached hydrogens (tertiary/aromatic N) is 2. The quantitative estimate of drug-likeness (QED) is 0.299. The number of phenolic OH excluding ortho intramolecular Hbond substituents is 1. The summed E-state index contributed by atoms with van der Waals surface area (Å²) in [5.74, 6) is 0.580. The summed E-state index contributed by atoms with van der Waals surface area (Å²) in [6.07, 6.45) is 5.63. The van der Waals surface area contributed by atoms with Gasteiger partial charge in [-0.3, -0.25) is 0 Å². The molecular formula is C24H21BrF2N2O2S. The Kier molecular flexibility index (Phi) is 7.01. The van der Waals surface area contributed by atoms with Crippen molar-refractivity contribution in [1.82, 2.24) is 9.38 Å². The molecule has 1 aliphatic rings. The lowest BCUT2D eigenvalue weighted by Crippen LogP contribution is -2.08. The third-order valence-corrected chi connectivity index (χ3v) is 6.45. The van der Waals surface area contributed by atoms with Gasteiger partial charge >= 0.3 is 6.61 Å². The Morgan fingerprint density at radius 3 is 2.69 bits per heavy atom. The van der Waals surface area contributed by atoms with E-state index in [9.17, 15) is 8.78 Å². The molecule has 0 bridgehead atoms. The number of phenols is 1. The average Bonchev–Trinajstić information content (AvgIpc) is 3.34. The molecule has 1 aliphatic carbocycles. The lowest BCUT2D eigenvalue weighted by molar-refractivity contribution is -0.0505. The molecule has 0 radical (unpaired) electrons. The molecule has 0 unspecified atom stereocenters. The molecule has 4 nitrogen and oxygen atoms in total. The van der Waals surface area contributed by atoms with Crippen molar-refractivity contribution >= 4 is 33.3 Å². The summed E-state index contributed by atoms with van der Waals surface area (Å²) in [7, 11) is 0. The number of benzene rings is 2. The molecule has 1 N–H and O–H groups in total. The van der Waals surface area contributed by atoms with Gasteiger partial charge in [-0.1, -0.05) is 24.3 Å². The molecule has 0 saturated heterocycles. The largest absolute Gasteiger partial charge is 0.508 e. The van der Waals surface area contributed by atoms with Crippen molar-refractivity contribution in [2.75, 3.05) is 6.26 Å². The van der Waals surface area contributed by atoms with Gasteiger partial charge in [-0.15, -0.1) is 11.8 Å². The van der Waals surface area contributed by atoms with E-state index in [-0.39, 0.29) is 11.7 Å². The third kappa shape index (κ3) is 4.91. The van der Waals surface area contributed by atoms with E-state index in [1.165, 1.54) is 0 Å². The van der Waals surface area contributed by atoms with Crippen molar-refractivity contribution < 1.29 is 18.6 Å². The van der Waals surface area contributed by atoms with E-state index in [1.807, 2.05) is 53.3 Å². The molecule has 4 aromatic rings. The first-order chi connectivity index (χ1) is 15.5. The summed E-state index contributed by atoms with van der Waals surface area (Å²) in [5, 5.41) is 8.93. The number of pyridine rings is 1. The fraction of sp³-hybridized carbons (Fsp3) is 0.208. The lowest BCUT2D eigenvalue weighted by atomic mass is 9.96. The summed E-state index contributed by atoms with van der Waals surface area (Å²) in [4.78, 5) is 5.75. The molecule has 166 valence electrons. The van der Waals surface area contributed by atoms with Gasteiger partial charge in [0, 0.05) is 27.0 Å². The molecule has 1 atom stereocenters. The highest BCUT2D eigenvalue weighted by Gasteiger charge is 2.31. The van der Waals surface area contributed by atoms with Crippen LogP contribution in [0.5, 0.6) is 11.5 Å². The standard InChI is InChI=1S/C17H13BrF2N2O.C7H8OS/c18-10-5-8-15-21-13-7-6-12(16(13)22(15)9-10)11-3-1-2-4-14(11)23-17(19)20;1-9-7-4-2-3-6(8)5-7/h1-5,8-9,12,17H,6-7H2;2-5,8H,1H3/t12-;/m1./s1. The predicted octanol–water partition coefficient (Wildman–Crippen LogP) is 6.89. The number of aromatic hydroxyl groups is 1. The van der Waals surface area contributed by atoms with Crippen LogP contribution in [0.1, 0.15) is 29.3 Å². The first-order valence-corrected chi connectivity index (χ1v) is 12.0. The number of rotatable bonds is 4. The van der Waals surface area contributed by atoms with Crippen LogP contribution in [0.15, 0.2) is 76.2 Å². The predicted molar refractivity (Wildman–Crippen MR) is 126 cm³/mol. The van der Waals surface area contributed by atoms with Crippen LogP contribution in [-0.2, 0) is 6.42 Å². The minimum atomic E-state index is -2.83. The van der Waals surface area contributed by atoms with Gasteiger partial charge in [0.05, 0.1) is 11.4 Å². The first-order valence-electron chi connectivity index (χ1n) is 9.99. The zero-order chi connectivity index (χ0) is 22.7. The normalized spacial score (nSPS) is 14.8. The zero-order valence-electron chi connectivity index (χ0n) is 17.2. The maximum absolute atomic E-state index is 12.7. The van der Waals surface area contributed by atoms with Crippen LogP contribution in [0.25, 0.3) is 5.65 Å². The van der Waals surface area contributed by atoms with Crippen LogP contribution in [0.4, 0.5) is 8.78 Å². The molecule has 32 heavy (non-hydrogen) atoms. The number of thioether (sulfide) groups is 1. The Morgan fingerprint density at radius 1 is 1.16 bits per heavy atom. The number of aryl methyl sites for hydroxylation is 1. The zero-order valence-corrected chi connectivity index (χ0v) is 19.6. The molecule has 2 heterocycles. The highest BCUT2D eigenvalue weighted by Crippen LogP contribution is 2.42. The summed E-state index contributed by atoms with van der Waals surface area (Å²) in [5.41, 5.74) is 3.75. The molecule has 2 aromatic heterocycles. The molecular weight excluding hydrogens is 498 g/mol. The second-order valence-electron chi connectivity index (χ2n) is 7.23. The topological polar surface area (TPSA) is 46.8 Å². The van der Waals surface area contributed by atoms with E-state index in [4.69, 9.17) is 9.84 Å². The minimum Gasteiger partial charge on any atom is -0.508 e. The number of aromatic nitrogens is 2. The molecule has 2 aromatic carbocycles. The van der Waals surface area contributed by atoms with Gasteiger partial charge in [0.15, 0.2) is 0 Å². The van der Waals surface area contributed by atoms with E-state index < -0.39 is 6.61 Å². The number of para-hydroxylation sites is 1. The van der Waals surface area contributed by atoms with Gasteiger partial charge in [-0.25, -0.2) is 4.98 Å². The van der Waals surface area contributed by atoms with E-state index in [0.717, 1.165) is 44.8 Å². The van der Waals surface area contributed by atoms with Crippen molar-refractivity contribution in [1.29, 1.82) is 0 Å². The number of hydrogen-bond acceptors (Lipinski definition) is 4. The fourth-order valence-corrected chi connectivity index (χ4v) is 4.73. The van der Waals surface area contributed by atoms with E-state index >= 15 is 0 Å². The van der Waals surface area contributed by atoms with Crippen molar-refractivity contribution in [3.8, 4) is 11.5 Å². The van der Waals surface area contributed by atoms with Gasteiger partial charge < -0.3 is 14.2 Å². The number of halogens is 3. The second kappa shape index (κ2) is 9.92. The number of fused-ring (bicyclic) bond motifs is 3. The number of alkyl halides is 2. The van der Waals surface area contributed by atoms with Gasteiger partial charge in [-0.05, 0) is 71.4 Å².